The van der Waals surface area contributed by atoms with Gasteiger partial charge in [0.05, 0.1) is 25.4 Å². The van der Waals surface area contributed by atoms with Gasteiger partial charge in [0, 0.05) is 6.42 Å². The van der Waals surface area contributed by atoms with Gasteiger partial charge in [-0.3, -0.25) is 9.35 Å². The fourth-order valence-corrected chi connectivity index (χ4v) is 7.78. The van der Waals surface area contributed by atoms with Crippen molar-refractivity contribution in [2.75, 3.05) is 13.2 Å². The maximum absolute atomic E-state index is 13.0. The van der Waals surface area contributed by atoms with Crippen molar-refractivity contribution in [1.29, 1.82) is 0 Å². The number of aliphatic hydroxyl groups is 5. The Kier molecular flexibility index (Phi) is 34.5. The maximum atomic E-state index is 13.0. The zero-order valence-corrected chi connectivity index (χ0v) is 37.9. The number of aliphatic hydroxyl groups excluding tert-OH is 5. The minimum Gasteiger partial charge on any atom is -0.394 e. The Hall–Kier alpha value is -1.72. The third-order valence-electron chi connectivity index (χ3n) is 11.0. The van der Waals surface area contributed by atoms with E-state index >= 15 is 0 Å². The van der Waals surface area contributed by atoms with Crippen LogP contribution in [0.5, 0.6) is 0 Å². The molecular weight excluding hydrogens is 791 g/mol. The molecule has 1 rings (SSSR count). The van der Waals surface area contributed by atoms with E-state index in [9.17, 15) is 43.3 Å². The molecule has 14 heteroatoms. The predicted molar refractivity (Wildman–Crippen MR) is 238 cm³/mol. The molecule has 1 fully saturated rings. The van der Waals surface area contributed by atoms with Crippen molar-refractivity contribution < 1.29 is 57.0 Å². The first kappa shape index (κ1) is 56.3. The summed E-state index contributed by atoms with van der Waals surface area (Å²) in [5, 5.41) is 55.0. The van der Waals surface area contributed by atoms with Gasteiger partial charge < -0.3 is 40.3 Å². The molecule has 1 saturated heterocycles. The van der Waals surface area contributed by atoms with Crippen molar-refractivity contribution in [2.45, 2.75) is 236 Å². The van der Waals surface area contributed by atoms with Gasteiger partial charge in [0.1, 0.15) is 30.5 Å². The Morgan fingerprint density at radius 2 is 1.15 bits per heavy atom. The highest BCUT2D eigenvalue weighted by atomic mass is 32.3. The van der Waals surface area contributed by atoms with Gasteiger partial charge in [-0.05, 0) is 32.1 Å². The number of allylic oxidation sites excluding steroid dienone is 4. The Morgan fingerprint density at radius 3 is 1.63 bits per heavy atom. The zero-order valence-electron chi connectivity index (χ0n) is 37.1. The molecule has 0 bridgehead atoms. The van der Waals surface area contributed by atoms with E-state index in [0.717, 1.165) is 32.1 Å². The number of ether oxygens (including phenoxy) is 2. The van der Waals surface area contributed by atoms with Crippen molar-refractivity contribution >= 4 is 16.3 Å². The van der Waals surface area contributed by atoms with E-state index in [1.165, 1.54) is 128 Å². The molecule has 60 heavy (non-hydrogen) atoms. The van der Waals surface area contributed by atoms with E-state index < -0.39 is 78.5 Å². The Labute approximate surface area is 363 Å². The van der Waals surface area contributed by atoms with Gasteiger partial charge in [-0.1, -0.05) is 185 Å². The van der Waals surface area contributed by atoms with Crippen LogP contribution in [0.15, 0.2) is 36.5 Å². The molecular formula is C46H85NO12S. The molecule has 1 aliphatic heterocycles. The summed E-state index contributed by atoms with van der Waals surface area (Å²) in [5.74, 6) is -0.770. The van der Waals surface area contributed by atoms with Gasteiger partial charge in [-0.15, -0.1) is 0 Å². The fourth-order valence-electron chi connectivity index (χ4n) is 7.27. The third-order valence-corrected chi connectivity index (χ3v) is 11.5. The lowest BCUT2D eigenvalue weighted by Crippen LogP contribution is -2.61. The summed E-state index contributed by atoms with van der Waals surface area (Å²) in [6.07, 6.45) is 31.1. The lowest BCUT2D eigenvalue weighted by molar-refractivity contribution is -0.298. The molecule has 0 aromatic carbocycles. The van der Waals surface area contributed by atoms with Crippen LogP contribution in [0.25, 0.3) is 0 Å². The van der Waals surface area contributed by atoms with Crippen LogP contribution < -0.4 is 5.32 Å². The molecule has 0 spiro atoms. The first-order valence-electron chi connectivity index (χ1n) is 23.5. The fraction of sp³-hybridized carbons (Fsp3) is 0.848. The highest BCUT2D eigenvalue weighted by molar-refractivity contribution is 7.80. The minimum atomic E-state index is -5.12. The first-order valence-corrected chi connectivity index (χ1v) is 24.8. The second-order valence-corrected chi connectivity index (χ2v) is 17.5. The molecule has 0 radical (unpaired) electrons. The summed E-state index contributed by atoms with van der Waals surface area (Å²) >= 11 is 0. The van der Waals surface area contributed by atoms with E-state index in [2.05, 4.69) is 35.5 Å². The quantitative estimate of drug-likeness (QED) is 0.0178. The van der Waals surface area contributed by atoms with Crippen molar-refractivity contribution in [3.05, 3.63) is 36.5 Å². The average molecular weight is 876 g/mol. The van der Waals surface area contributed by atoms with E-state index in [1.54, 1.807) is 6.08 Å². The molecule has 7 N–H and O–H groups in total. The standard InChI is InChI=1S/C46H85NO12S/c1-3-5-7-9-11-13-15-17-18-19-20-21-22-23-25-26-28-30-32-34-39(49)38(37-57-46-43(52)44(59-60(54,55)56)42(51)41(36-48)58-46)47-45(53)40(50)35-33-31-29-27-24-16-14-12-10-8-6-4-2/h24,27,31-34,38-44,46,48-52H,3-23,25-26,28-30,35-37H2,1-2H3,(H,47,53)(H,54,55,56)/b27-24-,33-31-,34-32+. The van der Waals surface area contributed by atoms with Crippen LogP contribution in [-0.4, -0.2) is 107 Å². The van der Waals surface area contributed by atoms with E-state index in [1.807, 2.05) is 12.2 Å². The van der Waals surface area contributed by atoms with Crippen molar-refractivity contribution in [2.24, 2.45) is 0 Å². The van der Waals surface area contributed by atoms with Crippen molar-refractivity contribution in [3.63, 3.8) is 0 Å². The van der Waals surface area contributed by atoms with Crippen LogP contribution in [-0.2, 0) is 28.9 Å². The SMILES string of the molecule is CCCCCCCC/C=C\C/C=C\CC(O)C(=O)NC(COC1OC(CO)C(O)C(OS(=O)(=O)O)C1O)C(O)/C=C/CCCCCCCCCCCCCCCCCCC. The predicted octanol–water partition coefficient (Wildman–Crippen LogP) is 8.08. The average Bonchev–Trinajstić information content (AvgIpc) is 3.22. The molecule has 8 unspecified atom stereocenters. The molecule has 1 heterocycles. The molecule has 1 aliphatic rings. The Bertz CT molecular complexity index is 1230. The summed E-state index contributed by atoms with van der Waals surface area (Å²) in [5.41, 5.74) is 0. The van der Waals surface area contributed by atoms with E-state index in [-0.39, 0.29) is 6.42 Å². The number of amides is 1. The molecule has 8 atom stereocenters. The second-order valence-electron chi connectivity index (χ2n) is 16.5. The maximum Gasteiger partial charge on any atom is 0.397 e. The van der Waals surface area contributed by atoms with Crippen LogP contribution in [0.2, 0.25) is 0 Å². The largest absolute Gasteiger partial charge is 0.397 e. The first-order chi connectivity index (χ1) is 28.9. The van der Waals surface area contributed by atoms with Gasteiger partial charge in [0.15, 0.2) is 6.29 Å². The molecule has 0 aliphatic carbocycles. The van der Waals surface area contributed by atoms with E-state index in [4.69, 9.17) is 9.47 Å². The minimum absolute atomic E-state index is 0.0328. The monoisotopic (exact) mass is 876 g/mol. The van der Waals surface area contributed by atoms with Gasteiger partial charge in [0.25, 0.3) is 0 Å². The van der Waals surface area contributed by atoms with Crippen LogP contribution >= 0.6 is 0 Å². The molecule has 0 aromatic heterocycles. The summed E-state index contributed by atoms with van der Waals surface area (Å²) in [7, 11) is -5.12. The summed E-state index contributed by atoms with van der Waals surface area (Å²) in [4.78, 5) is 13.0. The summed E-state index contributed by atoms with van der Waals surface area (Å²) in [6, 6.07) is -1.15. The van der Waals surface area contributed by atoms with Crippen LogP contribution in [0.4, 0.5) is 0 Å². The van der Waals surface area contributed by atoms with Gasteiger partial charge in [-0.25, -0.2) is 4.18 Å². The summed E-state index contributed by atoms with van der Waals surface area (Å²) in [6.45, 7) is 3.16. The molecule has 0 aromatic rings. The normalized spacial score (nSPS) is 21.6. The third kappa shape index (κ3) is 28.8. The van der Waals surface area contributed by atoms with Crippen LogP contribution in [0.3, 0.4) is 0 Å². The lowest BCUT2D eigenvalue weighted by atomic mass is 9.99. The number of rotatable bonds is 39. The summed E-state index contributed by atoms with van der Waals surface area (Å²) < 4.78 is 47.4. The number of carbonyl (C=O) groups excluding carboxylic acids is 1. The number of nitrogens with one attached hydrogen (secondary N) is 1. The topological polar surface area (TPSA) is 212 Å². The van der Waals surface area contributed by atoms with E-state index in [0.29, 0.717) is 12.8 Å². The Balaban J connectivity index is 2.61. The van der Waals surface area contributed by atoms with Crippen molar-refractivity contribution in [3.8, 4) is 0 Å². The van der Waals surface area contributed by atoms with Crippen LogP contribution in [0.1, 0.15) is 187 Å². The molecule has 1 amide bonds. The molecule has 0 saturated carbocycles. The highest BCUT2D eigenvalue weighted by Crippen LogP contribution is 2.26. The molecule has 13 nitrogen and oxygen atoms in total. The van der Waals surface area contributed by atoms with Gasteiger partial charge in [-0.2, -0.15) is 8.42 Å². The number of carbonyl (C=O) groups is 1. The zero-order chi connectivity index (χ0) is 44.3. The number of unbranched alkanes of at least 4 members (excludes halogenated alkanes) is 23. The van der Waals surface area contributed by atoms with Crippen molar-refractivity contribution in [1.82, 2.24) is 5.32 Å². The lowest BCUT2D eigenvalue weighted by Gasteiger charge is -2.41. The van der Waals surface area contributed by atoms with Gasteiger partial charge >= 0.3 is 10.4 Å². The number of hydrogen-bond acceptors (Lipinski definition) is 11. The molecule has 352 valence electrons. The number of hydrogen-bond donors (Lipinski definition) is 7. The highest BCUT2D eigenvalue weighted by Gasteiger charge is 2.48. The van der Waals surface area contributed by atoms with Crippen LogP contribution in [0, 0.1) is 0 Å². The Morgan fingerprint density at radius 1 is 0.683 bits per heavy atom. The second kappa shape index (κ2) is 36.7. The smallest absolute Gasteiger partial charge is 0.394 e. The van der Waals surface area contributed by atoms with Gasteiger partial charge in [0.2, 0.25) is 5.91 Å².